The van der Waals surface area contributed by atoms with Crippen LogP contribution in [0.5, 0.6) is 11.5 Å². The minimum absolute atomic E-state index is 0.564. The number of unbranched alkanes of at least 4 members (excludes halogenated alkanes) is 1. The van der Waals surface area contributed by atoms with Crippen LogP contribution in [-0.4, -0.2) is 24.8 Å². The van der Waals surface area contributed by atoms with Gasteiger partial charge in [-0.15, -0.1) is 6.58 Å². The average molecular weight is 262 g/mol. The van der Waals surface area contributed by atoms with E-state index < -0.39 is 5.97 Å². The predicted octanol–water partition coefficient (Wildman–Crippen LogP) is 3.14. The molecule has 0 amide bonds. The van der Waals surface area contributed by atoms with Gasteiger partial charge in [0.2, 0.25) is 0 Å². The Morgan fingerprint density at radius 2 is 2.21 bits per heavy atom. The second kappa shape index (κ2) is 7.97. The summed E-state index contributed by atoms with van der Waals surface area (Å²) in [5, 5.41) is 8.59. The molecule has 0 heterocycles. The maximum Gasteiger partial charge on any atom is 0.328 e. The van der Waals surface area contributed by atoms with Crippen LogP contribution in [0.15, 0.2) is 36.9 Å². The van der Waals surface area contributed by atoms with Gasteiger partial charge in [-0.25, -0.2) is 4.79 Å². The van der Waals surface area contributed by atoms with Gasteiger partial charge in [0.05, 0.1) is 13.7 Å². The van der Waals surface area contributed by atoms with Crippen molar-refractivity contribution in [3.05, 3.63) is 42.5 Å². The third-order valence-electron chi connectivity index (χ3n) is 2.42. The number of aliphatic carboxylic acids is 1. The maximum absolute atomic E-state index is 10.5. The molecule has 4 heteroatoms. The standard InChI is InChI=1S/C15H18O4/c1-3-4-5-10-19-14-11-12(7-9-15(16)17)6-8-13(14)18-2/h3,6-9,11H,1,4-5,10H2,2H3,(H,16,17). The Bertz CT molecular complexity index is 463. The average Bonchev–Trinajstić information content (AvgIpc) is 2.41. The minimum atomic E-state index is -0.982. The molecular weight excluding hydrogens is 244 g/mol. The number of methoxy groups -OCH3 is 1. The third kappa shape index (κ3) is 5.29. The fraction of sp³-hybridized carbons (Fsp3) is 0.267. The number of carboxylic acid groups (broad SMARTS) is 1. The molecule has 0 spiro atoms. The predicted molar refractivity (Wildman–Crippen MR) is 74.6 cm³/mol. The number of carbonyl (C=O) groups is 1. The van der Waals surface area contributed by atoms with Crippen molar-refractivity contribution in [1.82, 2.24) is 0 Å². The zero-order valence-electron chi connectivity index (χ0n) is 11.0. The van der Waals surface area contributed by atoms with Gasteiger partial charge in [0.25, 0.3) is 0 Å². The molecule has 0 radical (unpaired) electrons. The summed E-state index contributed by atoms with van der Waals surface area (Å²) >= 11 is 0. The molecule has 4 nitrogen and oxygen atoms in total. The maximum atomic E-state index is 10.5. The zero-order chi connectivity index (χ0) is 14.1. The van der Waals surface area contributed by atoms with Crippen molar-refractivity contribution >= 4 is 12.0 Å². The van der Waals surface area contributed by atoms with Crippen LogP contribution in [0.2, 0.25) is 0 Å². The van der Waals surface area contributed by atoms with Gasteiger partial charge in [-0.1, -0.05) is 12.1 Å². The molecule has 1 aromatic carbocycles. The van der Waals surface area contributed by atoms with Gasteiger partial charge >= 0.3 is 5.97 Å². The van der Waals surface area contributed by atoms with Gasteiger partial charge in [0.15, 0.2) is 11.5 Å². The van der Waals surface area contributed by atoms with Crippen LogP contribution in [0.1, 0.15) is 18.4 Å². The van der Waals surface area contributed by atoms with Gasteiger partial charge in [-0.2, -0.15) is 0 Å². The highest BCUT2D eigenvalue weighted by Gasteiger charge is 2.04. The van der Waals surface area contributed by atoms with E-state index in [0.29, 0.717) is 18.1 Å². The molecule has 0 aliphatic carbocycles. The summed E-state index contributed by atoms with van der Waals surface area (Å²) in [6.07, 6.45) is 6.21. The second-order valence-electron chi connectivity index (χ2n) is 3.86. The van der Waals surface area contributed by atoms with Gasteiger partial charge < -0.3 is 14.6 Å². The molecule has 0 atom stereocenters. The van der Waals surface area contributed by atoms with Crippen LogP contribution < -0.4 is 9.47 Å². The van der Waals surface area contributed by atoms with Crippen LogP contribution in [-0.2, 0) is 4.79 Å². The van der Waals surface area contributed by atoms with Crippen molar-refractivity contribution in [3.63, 3.8) is 0 Å². The highest BCUT2D eigenvalue weighted by atomic mass is 16.5. The van der Waals surface area contributed by atoms with E-state index in [9.17, 15) is 4.79 Å². The Morgan fingerprint density at radius 1 is 1.42 bits per heavy atom. The minimum Gasteiger partial charge on any atom is -0.493 e. The van der Waals surface area contributed by atoms with E-state index in [0.717, 1.165) is 24.5 Å². The lowest BCUT2D eigenvalue weighted by molar-refractivity contribution is -0.131. The first-order valence-electron chi connectivity index (χ1n) is 6.00. The molecule has 1 aromatic rings. The summed E-state index contributed by atoms with van der Waals surface area (Å²) in [5.74, 6) is 0.259. The lowest BCUT2D eigenvalue weighted by Crippen LogP contribution is -1.99. The van der Waals surface area contributed by atoms with Crippen molar-refractivity contribution in [3.8, 4) is 11.5 Å². The Kier molecular flexibility index (Phi) is 6.22. The number of hydrogen-bond acceptors (Lipinski definition) is 3. The van der Waals surface area contributed by atoms with Crippen LogP contribution in [0.25, 0.3) is 6.08 Å². The topological polar surface area (TPSA) is 55.8 Å². The number of ether oxygens (including phenoxy) is 2. The fourth-order valence-corrected chi connectivity index (χ4v) is 1.49. The molecule has 0 unspecified atom stereocenters. The molecule has 1 rings (SSSR count). The summed E-state index contributed by atoms with van der Waals surface area (Å²) < 4.78 is 10.8. The van der Waals surface area contributed by atoms with E-state index >= 15 is 0 Å². The number of hydrogen-bond donors (Lipinski definition) is 1. The quantitative estimate of drug-likeness (QED) is 0.444. The van der Waals surface area contributed by atoms with Crippen molar-refractivity contribution in [1.29, 1.82) is 0 Å². The first-order valence-corrected chi connectivity index (χ1v) is 6.00. The summed E-state index contributed by atoms with van der Waals surface area (Å²) in [6.45, 7) is 4.21. The number of benzene rings is 1. The van der Waals surface area contributed by atoms with E-state index in [2.05, 4.69) is 6.58 Å². The Labute approximate surface area is 113 Å². The van der Waals surface area contributed by atoms with E-state index in [4.69, 9.17) is 14.6 Å². The Morgan fingerprint density at radius 3 is 2.84 bits per heavy atom. The molecule has 0 fully saturated rings. The first kappa shape index (κ1) is 14.8. The van der Waals surface area contributed by atoms with E-state index in [1.54, 1.807) is 25.3 Å². The van der Waals surface area contributed by atoms with Gasteiger partial charge in [0.1, 0.15) is 0 Å². The molecule has 0 bridgehead atoms. The van der Waals surface area contributed by atoms with Crippen molar-refractivity contribution in [2.75, 3.05) is 13.7 Å². The highest BCUT2D eigenvalue weighted by molar-refractivity contribution is 5.85. The molecule has 102 valence electrons. The smallest absolute Gasteiger partial charge is 0.328 e. The highest BCUT2D eigenvalue weighted by Crippen LogP contribution is 2.28. The molecule has 1 N–H and O–H groups in total. The Balaban J connectivity index is 2.77. The number of carboxylic acids is 1. The SMILES string of the molecule is C=CCCCOc1cc(C=CC(=O)O)ccc1OC. The monoisotopic (exact) mass is 262 g/mol. The summed E-state index contributed by atoms with van der Waals surface area (Å²) in [4.78, 5) is 10.5. The van der Waals surface area contributed by atoms with Gasteiger partial charge in [-0.3, -0.25) is 0 Å². The van der Waals surface area contributed by atoms with Gasteiger partial charge in [0, 0.05) is 6.08 Å². The van der Waals surface area contributed by atoms with E-state index in [1.807, 2.05) is 6.08 Å². The molecule has 19 heavy (non-hydrogen) atoms. The van der Waals surface area contributed by atoms with Gasteiger partial charge in [-0.05, 0) is 36.6 Å². The van der Waals surface area contributed by atoms with Crippen molar-refractivity contribution < 1.29 is 19.4 Å². The van der Waals surface area contributed by atoms with Crippen LogP contribution in [0.4, 0.5) is 0 Å². The summed E-state index contributed by atoms with van der Waals surface area (Å²) in [7, 11) is 1.57. The van der Waals surface area contributed by atoms with E-state index in [1.165, 1.54) is 6.08 Å². The number of rotatable bonds is 8. The lowest BCUT2D eigenvalue weighted by Gasteiger charge is -2.11. The number of allylic oxidation sites excluding steroid dienone is 1. The molecule has 0 aromatic heterocycles. The summed E-state index contributed by atoms with van der Waals surface area (Å²) in [5.41, 5.74) is 0.752. The van der Waals surface area contributed by atoms with Crippen molar-refractivity contribution in [2.24, 2.45) is 0 Å². The molecule has 0 saturated heterocycles. The first-order chi connectivity index (χ1) is 9.17. The van der Waals surface area contributed by atoms with E-state index in [-0.39, 0.29) is 0 Å². The fourth-order valence-electron chi connectivity index (χ4n) is 1.49. The second-order valence-corrected chi connectivity index (χ2v) is 3.86. The normalized spacial score (nSPS) is 10.4. The summed E-state index contributed by atoms with van der Waals surface area (Å²) in [6, 6.07) is 5.28. The van der Waals surface area contributed by atoms with Crippen LogP contribution >= 0.6 is 0 Å². The molecule has 0 aliphatic rings. The molecule has 0 saturated carbocycles. The largest absolute Gasteiger partial charge is 0.493 e. The van der Waals surface area contributed by atoms with Crippen LogP contribution in [0.3, 0.4) is 0 Å². The zero-order valence-corrected chi connectivity index (χ0v) is 11.0. The van der Waals surface area contributed by atoms with Crippen molar-refractivity contribution in [2.45, 2.75) is 12.8 Å². The lowest BCUT2D eigenvalue weighted by atomic mass is 10.2. The molecule has 0 aliphatic heterocycles. The molecular formula is C15H18O4. The third-order valence-corrected chi connectivity index (χ3v) is 2.42. The Hall–Kier alpha value is -2.23. The van der Waals surface area contributed by atoms with Crippen LogP contribution in [0, 0.1) is 0 Å².